The second-order valence-corrected chi connectivity index (χ2v) is 3.97. The van der Waals surface area contributed by atoms with E-state index < -0.39 is 5.97 Å². The molecule has 0 amide bonds. The lowest BCUT2D eigenvalue weighted by atomic mass is 10.2. The minimum absolute atomic E-state index is 0.317. The van der Waals surface area contributed by atoms with Crippen molar-refractivity contribution in [3.8, 4) is 0 Å². The van der Waals surface area contributed by atoms with Crippen molar-refractivity contribution < 1.29 is 9.53 Å². The van der Waals surface area contributed by atoms with Crippen molar-refractivity contribution in [2.75, 3.05) is 0 Å². The Hall–Kier alpha value is -2.61. The molecule has 2 heteroatoms. The standard InChI is InChI=1S/C17H14O2/c1-14(12-13-15-8-4-2-5-9-15)19-17(18)16-10-6-3-7-11-16/h2-13H,1H2/b13-12+. The molecular weight excluding hydrogens is 236 g/mol. The third-order valence-electron chi connectivity index (χ3n) is 2.49. The van der Waals surface area contributed by atoms with Crippen LogP contribution in [0.25, 0.3) is 6.08 Å². The van der Waals surface area contributed by atoms with Gasteiger partial charge < -0.3 is 4.74 Å². The summed E-state index contributed by atoms with van der Waals surface area (Å²) in [6.45, 7) is 3.71. The van der Waals surface area contributed by atoms with Crippen LogP contribution >= 0.6 is 0 Å². The smallest absolute Gasteiger partial charge is 0.343 e. The monoisotopic (exact) mass is 250 g/mol. The van der Waals surface area contributed by atoms with Crippen LogP contribution in [0.5, 0.6) is 0 Å². The Labute approximate surface area is 112 Å². The third-order valence-corrected chi connectivity index (χ3v) is 2.49. The first kappa shape index (κ1) is 12.8. The fourth-order valence-corrected chi connectivity index (χ4v) is 1.54. The average molecular weight is 250 g/mol. The SMILES string of the molecule is C=C(/C=C/c1ccccc1)OC(=O)c1ccccc1. The van der Waals surface area contributed by atoms with E-state index in [1.807, 2.05) is 42.5 Å². The fourth-order valence-electron chi connectivity index (χ4n) is 1.54. The highest BCUT2D eigenvalue weighted by molar-refractivity contribution is 5.90. The Kier molecular flexibility index (Phi) is 4.29. The van der Waals surface area contributed by atoms with Crippen LogP contribution in [0.2, 0.25) is 0 Å². The van der Waals surface area contributed by atoms with Crippen molar-refractivity contribution in [2.45, 2.75) is 0 Å². The Morgan fingerprint density at radius 1 is 0.947 bits per heavy atom. The number of hydrogen-bond acceptors (Lipinski definition) is 2. The van der Waals surface area contributed by atoms with E-state index in [1.54, 1.807) is 30.3 Å². The Bertz CT molecular complexity index is 583. The summed E-state index contributed by atoms with van der Waals surface area (Å²) in [6, 6.07) is 18.6. The van der Waals surface area contributed by atoms with Crippen LogP contribution in [0, 0.1) is 0 Å². The normalized spacial score (nSPS) is 10.3. The molecule has 0 atom stereocenters. The number of hydrogen-bond donors (Lipinski definition) is 0. The number of rotatable bonds is 4. The quantitative estimate of drug-likeness (QED) is 0.464. The van der Waals surface area contributed by atoms with Crippen LogP contribution in [-0.2, 0) is 4.74 Å². The van der Waals surface area contributed by atoms with E-state index >= 15 is 0 Å². The van der Waals surface area contributed by atoms with Crippen LogP contribution in [-0.4, -0.2) is 5.97 Å². The summed E-state index contributed by atoms with van der Waals surface area (Å²) in [4.78, 5) is 11.7. The van der Waals surface area contributed by atoms with Crippen molar-refractivity contribution in [3.63, 3.8) is 0 Å². The van der Waals surface area contributed by atoms with Gasteiger partial charge in [0.25, 0.3) is 0 Å². The fraction of sp³-hybridized carbons (Fsp3) is 0. The number of carbonyl (C=O) groups is 1. The van der Waals surface area contributed by atoms with E-state index in [1.165, 1.54) is 0 Å². The Morgan fingerprint density at radius 3 is 2.16 bits per heavy atom. The molecule has 19 heavy (non-hydrogen) atoms. The molecule has 0 saturated carbocycles. The summed E-state index contributed by atoms with van der Waals surface area (Å²) in [6.07, 6.45) is 3.52. The number of esters is 1. The molecule has 0 radical (unpaired) electrons. The highest BCUT2D eigenvalue weighted by Crippen LogP contribution is 2.08. The molecule has 0 aliphatic heterocycles. The van der Waals surface area contributed by atoms with Crippen LogP contribution in [0.15, 0.2) is 79.1 Å². The van der Waals surface area contributed by atoms with Gasteiger partial charge in [0.05, 0.1) is 5.56 Å². The van der Waals surface area contributed by atoms with Crippen LogP contribution in [0.1, 0.15) is 15.9 Å². The molecule has 0 unspecified atom stereocenters. The predicted molar refractivity (Wildman–Crippen MR) is 76.5 cm³/mol. The van der Waals surface area contributed by atoms with E-state index in [4.69, 9.17) is 4.74 Å². The largest absolute Gasteiger partial charge is 0.424 e. The van der Waals surface area contributed by atoms with Crippen LogP contribution in [0.4, 0.5) is 0 Å². The second-order valence-electron chi connectivity index (χ2n) is 3.97. The minimum atomic E-state index is -0.400. The van der Waals surface area contributed by atoms with Crippen molar-refractivity contribution >= 4 is 12.0 Å². The first-order valence-corrected chi connectivity index (χ1v) is 5.95. The molecule has 2 aromatic rings. The van der Waals surface area contributed by atoms with Crippen molar-refractivity contribution in [1.82, 2.24) is 0 Å². The van der Waals surface area contributed by atoms with Gasteiger partial charge in [0.1, 0.15) is 5.76 Å². The van der Waals surface area contributed by atoms with Crippen molar-refractivity contribution in [3.05, 3.63) is 90.2 Å². The van der Waals surface area contributed by atoms with Crippen molar-refractivity contribution in [2.24, 2.45) is 0 Å². The molecule has 94 valence electrons. The van der Waals surface area contributed by atoms with E-state index in [0.29, 0.717) is 11.3 Å². The van der Waals surface area contributed by atoms with Gasteiger partial charge >= 0.3 is 5.97 Å². The Balaban J connectivity index is 1.95. The van der Waals surface area contributed by atoms with Gasteiger partial charge in [-0.15, -0.1) is 0 Å². The van der Waals surface area contributed by atoms with Crippen molar-refractivity contribution in [1.29, 1.82) is 0 Å². The van der Waals surface area contributed by atoms with Gasteiger partial charge in [0, 0.05) is 0 Å². The molecule has 0 aliphatic rings. The van der Waals surface area contributed by atoms with Gasteiger partial charge in [-0.05, 0) is 23.8 Å². The zero-order chi connectivity index (χ0) is 13.5. The van der Waals surface area contributed by atoms with Gasteiger partial charge in [-0.1, -0.05) is 61.2 Å². The molecule has 0 aliphatic carbocycles. The molecule has 0 saturated heterocycles. The molecule has 2 nitrogen and oxygen atoms in total. The third kappa shape index (κ3) is 3.96. The maximum absolute atomic E-state index is 11.7. The van der Waals surface area contributed by atoms with E-state index in [2.05, 4.69) is 6.58 Å². The van der Waals surface area contributed by atoms with Crippen LogP contribution in [0.3, 0.4) is 0 Å². The summed E-state index contributed by atoms with van der Waals surface area (Å²) in [5, 5.41) is 0. The minimum Gasteiger partial charge on any atom is -0.424 e. The molecule has 0 heterocycles. The molecule has 0 fully saturated rings. The molecule has 0 N–H and O–H groups in total. The number of benzene rings is 2. The zero-order valence-electron chi connectivity index (χ0n) is 10.5. The first-order valence-electron chi connectivity index (χ1n) is 5.95. The lowest BCUT2D eigenvalue weighted by molar-refractivity contribution is 0.0639. The second kappa shape index (κ2) is 6.36. The summed E-state index contributed by atoms with van der Waals surface area (Å²) in [5.74, 6) is -0.0824. The molecular formula is C17H14O2. The van der Waals surface area contributed by atoms with E-state index in [-0.39, 0.29) is 0 Å². The van der Waals surface area contributed by atoms with Gasteiger partial charge in [-0.3, -0.25) is 0 Å². The number of ether oxygens (including phenoxy) is 1. The van der Waals surface area contributed by atoms with E-state index in [9.17, 15) is 4.79 Å². The molecule has 0 bridgehead atoms. The average Bonchev–Trinajstić information content (AvgIpc) is 2.47. The molecule has 2 rings (SSSR count). The highest BCUT2D eigenvalue weighted by Gasteiger charge is 2.06. The Morgan fingerprint density at radius 2 is 1.53 bits per heavy atom. The lowest BCUT2D eigenvalue weighted by Crippen LogP contribution is -2.02. The maximum Gasteiger partial charge on any atom is 0.343 e. The van der Waals surface area contributed by atoms with E-state index in [0.717, 1.165) is 5.56 Å². The van der Waals surface area contributed by atoms with Gasteiger partial charge in [0.2, 0.25) is 0 Å². The topological polar surface area (TPSA) is 26.3 Å². The van der Waals surface area contributed by atoms with Crippen LogP contribution < -0.4 is 0 Å². The lowest BCUT2D eigenvalue weighted by Gasteiger charge is -2.03. The number of carbonyl (C=O) groups excluding carboxylic acids is 1. The summed E-state index contributed by atoms with van der Waals surface area (Å²) >= 11 is 0. The first-order chi connectivity index (χ1) is 9.25. The number of allylic oxidation sites excluding steroid dienone is 1. The summed E-state index contributed by atoms with van der Waals surface area (Å²) in [5.41, 5.74) is 1.54. The molecule has 0 spiro atoms. The van der Waals surface area contributed by atoms with Gasteiger partial charge in [-0.25, -0.2) is 4.79 Å². The zero-order valence-corrected chi connectivity index (χ0v) is 10.5. The molecule has 2 aromatic carbocycles. The summed E-state index contributed by atoms with van der Waals surface area (Å²) < 4.78 is 5.14. The predicted octanol–water partition coefficient (Wildman–Crippen LogP) is 4.07. The molecule has 0 aromatic heterocycles. The van der Waals surface area contributed by atoms with Gasteiger partial charge in [-0.2, -0.15) is 0 Å². The maximum atomic E-state index is 11.7. The summed E-state index contributed by atoms with van der Waals surface area (Å²) in [7, 11) is 0. The highest BCUT2D eigenvalue weighted by atomic mass is 16.5. The van der Waals surface area contributed by atoms with Gasteiger partial charge in [0.15, 0.2) is 0 Å².